The number of ketones is 1. The van der Waals surface area contributed by atoms with Gasteiger partial charge < -0.3 is 0 Å². The Hall–Kier alpha value is -0.850. The van der Waals surface area contributed by atoms with Crippen molar-refractivity contribution in [2.75, 3.05) is 0 Å². The Morgan fingerprint density at radius 1 is 1.20 bits per heavy atom. The molecule has 0 aromatic carbocycles. The van der Waals surface area contributed by atoms with E-state index in [2.05, 4.69) is 13.3 Å². The average Bonchev–Trinajstić information content (AvgIpc) is 3.10. The molecular weight excluding hydrogens is 244 g/mol. The summed E-state index contributed by atoms with van der Waals surface area (Å²) < 4.78 is 0. The summed E-state index contributed by atoms with van der Waals surface area (Å²) in [5.74, 6) is 2.20. The van der Waals surface area contributed by atoms with E-state index >= 15 is 0 Å². The minimum atomic E-state index is 0.361. The second-order valence-electron chi connectivity index (χ2n) is 8.03. The third-order valence-electron chi connectivity index (χ3n) is 7.46. The number of hydrogen-bond donors (Lipinski definition) is 0. The maximum Gasteiger partial charge on any atom is 0.156 e. The van der Waals surface area contributed by atoms with Gasteiger partial charge in [-0.25, -0.2) is 0 Å². The summed E-state index contributed by atoms with van der Waals surface area (Å²) in [4.78, 5) is 11.7. The van der Waals surface area contributed by atoms with E-state index in [0.717, 1.165) is 24.7 Å². The number of rotatable bonds is 0. The quantitative estimate of drug-likeness (QED) is 0.636. The van der Waals surface area contributed by atoms with E-state index in [1.54, 1.807) is 11.1 Å². The Bertz CT molecular complexity index is 581. The predicted molar refractivity (Wildman–Crippen MR) is 78.9 cm³/mol. The average molecular weight is 267 g/mol. The maximum atomic E-state index is 11.7. The summed E-state index contributed by atoms with van der Waals surface area (Å²) in [6.45, 7) is 2.54. The lowest BCUT2D eigenvalue weighted by atomic mass is 9.55. The highest BCUT2D eigenvalue weighted by atomic mass is 16.1. The third kappa shape index (κ3) is 1.20. The van der Waals surface area contributed by atoms with Gasteiger partial charge in [-0.2, -0.15) is 0 Å². The fraction of sp³-hybridized carbons (Fsp3) is 0.684. The van der Waals surface area contributed by atoms with E-state index in [9.17, 15) is 4.79 Å². The van der Waals surface area contributed by atoms with Gasteiger partial charge in [0.1, 0.15) is 0 Å². The molecule has 1 radical (unpaired) electrons. The van der Waals surface area contributed by atoms with Gasteiger partial charge in [-0.15, -0.1) is 0 Å². The van der Waals surface area contributed by atoms with Gasteiger partial charge in [0.25, 0.3) is 0 Å². The molecule has 0 aromatic rings. The first-order chi connectivity index (χ1) is 9.64. The van der Waals surface area contributed by atoms with Crippen molar-refractivity contribution in [3.63, 3.8) is 0 Å². The Labute approximate surface area is 121 Å². The molecule has 0 amide bonds. The fourth-order valence-corrected chi connectivity index (χ4v) is 6.42. The highest BCUT2D eigenvalue weighted by Crippen LogP contribution is 2.80. The fourth-order valence-electron chi connectivity index (χ4n) is 6.42. The van der Waals surface area contributed by atoms with Crippen LogP contribution in [-0.4, -0.2) is 5.78 Å². The summed E-state index contributed by atoms with van der Waals surface area (Å²) in [7, 11) is 0. The first-order valence-corrected chi connectivity index (χ1v) is 8.44. The third-order valence-corrected chi connectivity index (χ3v) is 7.46. The van der Waals surface area contributed by atoms with Gasteiger partial charge in [0.2, 0.25) is 0 Å². The second-order valence-corrected chi connectivity index (χ2v) is 8.03. The molecule has 5 aliphatic rings. The molecule has 0 saturated heterocycles. The van der Waals surface area contributed by atoms with Crippen molar-refractivity contribution in [2.24, 2.45) is 22.7 Å². The van der Waals surface area contributed by atoms with E-state index in [4.69, 9.17) is 0 Å². The van der Waals surface area contributed by atoms with E-state index in [1.807, 2.05) is 6.08 Å². The molecule has 0 aliphatic heterocycles. The van der Waals surface area contributed by atoms with Gasteiger partial charge in [0.05, 0.1) is 0 Å². The van der Waals surface area contributed by atoms with Crippen molar-refractivity contribution >= 4 is 5.78 Å². The van der Waals surface area contributed by atoms with Gasteiger partial charge in [-0.3, -0.25) is 4.79 Å². The van der Waals surface area contributed by atoms with Crippen molar-refractivity contribution in [1.82, 2.24) is 0 Å². The molecule has 0 bridgehead atoms. The van der Waals surface area contributed by atoms with Crippen LogP contribution in [0.25, 0.3) is 0 Å². The lowest BCUT2D eigenvalue weighted by molar-refractivity contribution is -0.114. The van der Waals surface area contributed by atoms with E-state index in [1.165, 1.54) is 44.1 Å². The zero-order valence-electron chi connectivity index (χ0n) is 12.4. The van der Waals surface area contributed by atoms with E-state index in [0.29, 0.717) is 16.6 Å². The smallest absolute Gasteiger partial charge is 0.156 e. The van der Waals surface area contributed by atoms with Crippen molar-refractivity contribution in [3.05, 3.63) is 29.2 Å². The summed E-state index contributed by atoms with van der Waals surface area (Å²) in [5, 5.41) is 0. The van der Waals surface area contributed by atoms with Crippen LogP contribution in [0.15, 0.2) is 22.8 Å². The molecule has 1 heteroatoms. The number of allylic oxidation sites excluding steroid dienone is 4. The zero-order chi connectivity index (χ0) is 13.5. The summed E-state index contributed by atoms with van der Waals surface area (Å²) in [5.41, 5.74) is 5.98. The second kappa shape index (κ2) is 3.48. The molecule has 1 nitrogen and oxygen atoms in total. The molecule has 0 unspecified atom stereocenters. The standard InChI is InChI=1S/C19H23O/c1-18-8-6-13-11-19(13,18)17-5-2-12-10-14(20)3-4-15(12)16(17)7-9-18/h8,10,13,17H,2-7,9,11H2,1H3/t13-,17+,18-,19+/m0/s1. The van der Waals surface area contributed by atoms with Crippen LogP contribution in [0.4, 0.5) is 0 Å². The Balaban J connectivity index is 1.63. The van der Waals surface area contributed by atoms with Crippen LogP contribution in [0.5, 0.6) is 0 Å². The molecule has 5 aliphatic carbocycles. The van der Waals surface area contributed by atoms with Crippen LogP contribution >= 0.6 is 0 Å². The summed E-state index contributed by atoms with van der Waals surface area (Å²) in [6.07, 6.45) is 14.4. The SMILES string of the molecule is C[C@@]12[CH]C[C@H]3C[C@]31[C@@H]1CCC3=CC(=O)CCC3=C1CC2. The predicted octanol–water partition coefficient (Wildman–Crippen LogP) is 4.40. The minimum Gasteiger partial charge on any atom is -0.295 e. The minimum absolute atomic E-state index is 0.361. The first kappa shape index (κ1) is 11.8. The molecule has 4 atom stereocenters. The van der Waals surface area contributed by atoms with Gasteiger partial charge in [-0.05, 0) is 91.3 Å². The molecule has 1 spiro atoms. The van der Waals surface area contributed by atoms with Crippen LogP contribution in [0.3, 0.4) is 0 Å². The number of hydrogen-bond acceptors (Lipinski definition) is 1. The topological polar surface area (TPSA) is 17.1 Å². The normalized spacial score (nSPS) is 49.0. The van der Waals surface area contributed by atoms with Crippen LogP contribution in [-0.2, 0) is 4.79 Å². The van der Waals surface area contributed by atoms with Gasteiger partial charge in [0.15, 0.2) is 5.78 Å². The van der Waals surface area contributed by atoms with Crippen molar-refractivity contribution in [1.29, 1.82) is 0 Å². The van der Waals surface area contributed by atoms with Crippen LogP contribution in [0.2, 0.25) is 0 Å². The molecular formula is C19H23O. The molecule has 3 fully saturated rings. The molecule has 105 valence electrons. The van der Waals surface area contributed by atoms with E-state index in [-0.39, 0.29) is 0 Å². The van der Waals surface area contributed by atoms with Crippen molar-refractivity contribution in [2.45, 2.75) is 58.3 Å². The number of carbonyl (C=O) groups is 1. The Morgan fingerprint density at radius 2 is 2.10 bits per heavy atom. The Morgan fingerprint density at radius 3 is 2.95 bits per heavy atom. The largest absolute Gasteiger partial charge is 0.295 e. The summed E-state index contributed by atoms with van der Waals surface area (Å²) >= 11 is 0. The summed E-state index contributed by atoms with van der Waals surface area (Å²) in [6, 6.07) is 0. The first-order valence-electron chi connectivity index (χ1n) is 8.44. The molecule has 0 heterocycles. The van der Waals surface area contributed by atoms with Crippen LogP contribution in [0.1, 0.15) is 58.3 Å². The molecule has 0 N–H and O–H groups in total. The Kier molecular flexibility index (Phi) is 2.05. The van der Waals surface area contributed by atoms with E-state index < -0.39 is 0 Å². The highest BCUT2D eigenvalue weighted by molar-refractivity contribution is 5.93. The number of carbonyl (C=O) groups excluding carboxylic acids is 1. The molecule has 5 rings (SSSR count). The van der Waals surface area contributed by atoms with Gasteiger partial charge in [0, 0.05) is 6.42 Å². The highest BCUT2D eigenvalue weighted by Gasteiger charge is 2.72. The lowest BCUT2D eigenvalue weighted by Crippen LogP contribution is -2.40. The van der Waals surface area contributed by atoms with Crippen molar-refractivity contribution < 1.29 is 4.79 Å². The maximum absolute atomic E-state index is 11.7. The molecule has 20 heavy (non-hydrogen) atoms. The van der Waals surface area contributed by atoms with Gasteiger partial charge in [-0.1, -0.05) is 12.5 Å². The van der Waals surface area contributed by atoms with Gasteiger partial charge >= 0.3 is 0 Å². The molecule has 0 aromatic heterocycles. The van der Waals surface area contributed by atoms with Crippen LogP contribution < -0.4 is 0 Å². The molecule has 3 saturated carbocycles. The monoisotopic (exact) mass is 267 g/mol. The lowest BCUT2D eigenvalue weighted by Gasteiger charge is -2.49. The zero-order valence-corrected chi connectivity index (χ0v) is 12.4. The number of fused-ring (bicyclic) bond motifs is 2. The van der Waals surface area contributed by atoms with Crippen molar-refractivity contribution in [3.8, 4) is 0 Å². The van der Waals surface area contributed by atoms with Crippen LogP contribution in [0, 0.1) is 29.1 Å².